The van der Waals surface area contributed by atoms with Crippen LogP contribution in [0.4, 0.5) is 14.5 Å². The molecule has 8 nitrogen and oxygen atoms in total. The molecule has 2 aromatic heterocycles. The zero-order valence-corrected chi connectivity index (χ0v) is 18.3. The minimum atomic E-state index is -3.82. The summed E-state index contributed by atoms with van der Waals surface area (Å²) in [5.74, 6) is -0.566. The van der Waals surface area contributed by atoms with Crippen molar-refractivity contribution in [2.75, 3.05) is 5.32 Å². The zero-order chi connectivity index (χ0) is 23.9. The number of aromatic nitrogens is 4. The van der Waals surface area contributed by atoms with Gasteiger partial charge in [0.05, 0.1) is 29.5 Å². The van der Waals surface area contributed by atoms with Crippen molar-refractivity contribution in [3.63, 3.8) is 0 Å². The fraction of sp³-hybridized carbons (Fsp3) is 0.217. The first-order chi connectivity index (χ1) is 16.3. The molecule has 0 radical (unpaired) electrons. The molecule has 1 fully saturated rings. The first-order valence-corrected chi connectivity index (χ1v) is 10.8. The van der Waals surface area contributed by atoms with Gasteiger partial charge in [0.25, 0.3) is 5.91 Å². The topological polar surface area (TPSA) is 102 Å². The Labute approximate surface area is 197 Å². The highest BCUT2D eigenvalue weighted by Gasteiger charge is 2.32. The SMILES string of the molecule is O=C(Nc1ccc(OC(F)(F)Cl)cc1)c1cc(-c2cncnc2)c2c(c1)ncn2[C@H]1CC[C@H]1O. The van der Waals surface area contributed by atoms with Gasteiger partial charge < -0.3 is 19.7 Å². The smallest absolute Gasteiger partial charge is 0.420 e. The number of rotatable bonds is 6. The van der Waals surface area contributed by atoms with Crippen molar-refractivity contribution in [3.8, 4) is 16.9 Å². The number of fused-ring (bicyclic) bond motifs is 1. The summed E-state index contributed by atoms with van der Waals surface area (Å²) in [6.45, 7) is 0. The predicted molar refractivity (Wildman–Crippen MR) is 121 cm³/mol. The summed E-state index contributed by atoms with van der Waals surface area (Å²) in [6, 6.07) is 8.67. The van der Waals surface area contributed by atoms with Gasteiger partial charge in [0.2, 0.25) is 0 Å². The van der Waals surface area contributed by atoms with E-state index in [4.69, 9.17) is 11.6 Å². The van der Waals surface area contributed by atoms with Crippen LogP contribution in [0.2, 0.25) is 0 Å². The Kier molecular flexibility index (Phi) is 5.62. The summed E-state index contributed by atoms with van der Waals surface area (Å²) in [5.41, 5.74) is -0.357. The average Bonchev–Trinajstić information content (AvgIpc) is 3.21. The van der Waals surface area contributed by atoms with Crippen LogP contribution in [0.15, 0.2) is 61.4 Å². The fourth-order valence-corrected chi connectivity index (χ4v) is 4.03. The number of benzene rings is 2. The lowest BCUT2D eigenvalue weighted by molar-refractivity contribution is -0.0964. The molecule has 2 heterocycles. The number of nitrogens with one attached hydrogen (secondary N) is 1. The van der Waals surface area contributed by atoms with E-state index in [0.717, 1.165) is 18.4 Å². The molecule has 1 amide bonds. The van der Waals surface area contributed by atoms with E-state index in [1.165, 1.54) is 30.6 Å². The Morgan fingerprint density at radius 2 is 1.91 bits per heavy atom. The summed E-state index contributed by atoms with van der Waals surface area (Å²) in [4.78, 5) is 25.7. The number of amides is 1. The summed E-state index contributed by atoms with van der Waals surface area (Å²) >= 11 is 4.77. The van der Waals surface area contributed by atoms with Crippen molar-refractivity contribution in [2.24, 2.45) is 0 Å². The summed E-state index contributed by atoms with van der Waals surface area (Å²) in [6.07, 6.45) is 7.46. The van der Waals surface area contributed by atoms with Crippen molar-refractivity contribution in [1.29, 1.82) is 0 Å². The van der Waals surface area contributed by atoms with Crippen molar-refractivity contribution in [1.82, 2.24) is 19.5 Å². The lowest BCUT2D eigenvalue weighted by Gasteiger charge is -2.34. The summed E-state index contributed by atoms with van der Waals surface area (Å²) < 4.78 is 31.8. The van der Waals surface area contributed by atoms with E-state index >= 15 is 0 Å². The van der Waals surface area contributed by atoms with E-state index in [1.807, 2.05) is 4.57 Å². The third-order valence-electron chi connectivity index (χ3n) is 5.71. The maximum absolute atomic E-state index is 13.0. The highest BCUT2D eigenvalue weighted by molar-refractivity contribution is 6.20. The van der Waals surface area contributed by atoms with Crippen molar-refractivity contribution in [2.45, 2.75) is 30.6 Å². The molecular formula is C23H18ClF2N5O3. The van der Waals surface area contributed by atoms with Crippen molar-refractivity contribution in [3.05, 3.63) is 67.0 Å². The maximum Gasteiger partial charge on any atom is 0.487 e. The number of nitrogens with zero attached hydrogens (tertiary/aromatic N) is 4. The van der Waals surface area contributed by atoms with Crippen molar-refractivity contribution < 1.29 is 23.4 Å². The molecule has 4 aromatic rings. The van der Waals surface area contributed by atoms with E-state index in [1.54, 1.807) is 30.9 Å². The van der Waals surface area contributed by atoms with Gasteiger partial charge in [-0.2, -0.15) is 0 Å². The third kappa shape index (κ3) is 4.42. The number of imidazole rings is 1. The zero-order valence-electron chi connectivity index (χ0n) is 17.5. The molecule has 2 atom stereocenters. The van der Waals surface area contributed by atoms with E-state index in [2.05, 4.69) is 25.0 Å². The van der Waals surface area contributed by atoms with Crippen molar-refractivity contribution >= 4 is 34.2 Å². The van der Waals surface area contributed by atoms with Crippen LogP contribution in [-0.4, -0.2) is 42.2 Å². The van der Waals surface area contributed by atoms with Gasteiger partial charge in [-0.1, -0.05) is 0 Å². The molecule has 2 aromatic carbocycles. The largest absolute Gasteiger partial charge is 0.487 e. The number of aliphatic hydroxyl groups is 1. The Bertz CT molecular complexity index is 1340. The molecule has 2 N–H and O–H groups in total. The molecular weight excluding hydrogens is 468 g/mol. The van der Waals surface area contributed by atoms with Crippen LogP contribution >= 0.6 is 11.6 Å². The Morgan fingerprint density at radius 3 is 2.53 bits per heavy atom. The van der Waals surface area contributed by atoms with Gasteiger partial charge in [0.15, 0.2) is 0 Å². The minimum Gasteiger partial charge on any atom is -0.420 e. The van der Waals surface area contributed by atoms with Gasteiger partial charge in [-0.15, -0.1) is 8.78 Å². The first-order valence-electron chi connectivity index (χ1n) is 10.4. The summed E-state index contributed by atoms with van der Waals surface area (Å²) in [7, 11) is 0. The van der Waals surface area contributed by atoms with Crippen LogP contribution < -0.4 is 10.1 Å². The molecule has 0 bridgehead atoms. The highest BCUT2D eigenvalue weighted by Crippen LogP contribution is 2.38. The van der Waals surface area contributed by atoms with Gasteiger partial charge >= 0.3 is 5.57 Å². The number of anilines is 1. The first kappa shape index (κ1) is 22.2. The molecule has 5 rings (SSSR count). The van der Waals surface area contributed by atoms with Gasteiger partial charge in [-0.3, -0.25) is 4.79 Å². The van der Waals surface area contributed by atoms with E-state index in [9.17, 15) is 18.7 Å². The number of carbonyl (C=O) groups excluding carboxylic acids is 1. The van der Waals surface area contributed by atoms with E-state index in [0.29, 0.717) is 27.9 Å². The normalized spacial score (nSPS) is 17.9. The second-order valence-corrected chi connectivity index (χ2v) is 8.35. The molecule has 11 heteroatoms. The number of carbonyl (C=O) groups is 1. The van der Waals surface area contributed by atoms with Crippen LogP contribution in [0, 0.1) is 0 Å². The van der Waals surface area contributed by atoms with Crippen LogP contribution in [0.25, 0.3) is 22.2 Å². The second kappa shape index (κ2) is 8.62. The molecule has 0 aliphatic heterocycles. The molecule has 0 spiro atoms. The summed E-state index contributed by atoms with van der Waals surface area (Å²) in [5, 5.41) is 12.9. The van der Waals surface area contributed by atoms with Crippen LogP contribution in [0.3, 0.4) is 0 Å². The number of hydrogen-bond donors (Lipinski definition) is 2. The number of ether oxygens (including phenoxy) is 1. The third-order valence-corrected chi connectivity index (χ3v) is 5.79. The quantitative estimate of drug-likeness (QED) is 0.387. The predicted octanol–water partition coefficient (Wildman–Crippen LogP) is 4.61. The number of aliphatic hydroxyl groups excluding tert-OH is 1. The Balaban J connectivity index is 1.48. The molecule has 0 unspecified atom stereocenters. The molecule has 1 aliphatic rings. The van der Waals surface area contributed by atoms with Gasteiger partial charge in [0, 0.05) is 46.4 Å². The second-order valence-electron chi connectivity index (χ2n) is 7.91. The fourth-order valence-electron chi connectivity index (χ4n) is 3.94. The lowest BCUT2D eigenvalue weighted by atomic mass is 9.88. The van der Waals surface area contributed by atoms with Gasteiger partial charge in [-0.25, -0.2) is 15.0 Å². The number of hydrogen-bond acceptors (Lipinski definition) is 6. The number of halogens is 3. The molecule has 34 heavy (non-hydrogen) atoms. The lowest BCUT2D eigenvalue weighted by Crippen LogP contribution is -2.33. The standard InChI is InChI=1S/C23H18ClF2N5O3/c24-23(25,26)34-16-3-1-15(2-4-16)30-22(33)13-7-17(14-9-27-11-28-10-14)21-18(8-13)29-12-31(21)19-5-6-20(19)32/h1-4,7-12,19-20,32H,5-6H2,(H,30,33)/t19-,20+/m0/s1. The monoisotopic (exact) mass is 485 g/mol. The maximum atomic E-state index is 13.0. The molecule has 1 saturated carbocycles. The van der Waals surface area contributed by atoms with Gasteiger partial charge in [-0.05, 0) is 49.2 Å². The number of alkyl halides is 3. The van der Waals surface area contributed by atoms with E-state index in [-0.39, 0.29) is 11.8 Å². The van der Waals surface area contributed by atoms with Crippen LogP contribution in [0.5, 0.6) is 5.75 Å². The van der Waals surface area contributed by atoms with E-state index < -0.39 is 17.6 Å². The highest BCUT2D eigenvalue weighted by atomic mass is 35.5. The molecule has 0 saturated heterocycles. The molecule has 1 aliphatic carbocycles. The molecule has 174 valence electrons. The Morgan fingerprint density at radius 1 is 1.18 bits per heavy atom. The average molecular weight is 486 g/mol. The van der Waals surface area contributed by atoms with Crippen LogP contribution in [0.1, 0.15) is 29.2 Å². The van der Waals surface area contributed by atoms with Crippen LogP contribution in [-0.2, 0) is 0 Å². The minimum absolute atomic E-state index is 0.0887. The Hall–Kier alpha value is -3.63. The van der Waals surface area contributed by atoms with Gasteiger partial charge in [0.1, 0.15) is 12.1 Å².